The zero-order valence-corrected chi connectivity index (χ0v) is 20.3. The van der Waals surface area contributed by atoms with E-state index in [1.54, 1.807) is 12.4 Å². The zero-order chi connectivity index (χ0) is 25.5. The van der Waals surface area contributed by atoms with Gasteiger partial charge in [-0.2, -0.15) is 0 Å². The summed E-state index contributed by atoms with van der Waals surface area (Å²) in [6.45, 7) is 7.57. The fourth-order valence-electron chi connectivity index (χ4n) is 4.29. The Morgan fingerprint density at radius 2 is 1.92 bits per heavy atom. The third-order valence-electron chi connectivity index (χ3n) is 6.24. The minimum Gasteiger partial charge on any atom is -0.493 e. The highest BCUT2D eigenvalue weighted by atomic mass is 19.1. The molecule has 0 spiro atoms. The van der Waals surface area contributed by atoms with E-state index in [9.17, 15) is 13.6 Å². The Bertz CT molecular complexity index is 1160. The number of carbonyl (C=O) groups is 1. The lowest BCUT2D eigenvalue weighted by atomic mass is 9.92. The van der Waals surface area contributed by atoms with E-state index in [-0.39, 0.29) is 12.3 Å². The van der Waals surface area contributed by atoms with E-state index in [2.05, 4.69) is 26.8 Å². The molecule has 1 amide bonds. The van der Waals surface area contributed by atoms with E-state index < -0.39 is 23.1 Å². The number of amides is 1. The highest BCUT2D eigenvalue weighted by Crippen LogP contribution is 2.26. The highest BCUT2D eigenvalue weighted by Gasteiger charge is 2.22. The van der Waals surface area contributed by atoms with Crippen molar-refractivity contribution < 1.29 is 22.7 Å². The first-order chi connectivity index (χ1) is 17.4. The second-order valence-corrected chi connectivity index (χ2v) is 8.86. The van der Waals surface area contributed by atoms with Crippen LogP contribution in [0.2, 0.25) is 0 Å². The molecule has 0 atom stereocenters. The molecule has 1 aliphatic heterocycles. The van der Waals surface area contributed by atoms with Gasteiger partial charge in [-0.1, -0.05) is 6.08 Å². The second-order valence-electron chi connectivity index (χ2n) is 8.86. The number of halogens is 2. The summed E-state index contributed by atoms with van der Waals surface area (Å²) in [5, 5.41) is 2.37. The molecule has 36 heavy (non-hydrogen) atoms. The van der Waals surface area contributed by atoms with Crippen LogP contribution in [0.15, 0.2) is 53.7 Å². The number of piperidine rings is 1. The van der Waals surface area contributed by atoms with Gasteiger partial charge in [0.05, 0.1) is 12.2 Å². The Balaban J connectivity index is 1.20. The first-order valence-electron chi connectivity index (χ1n) is 12.1. The van der Waals surface area contributed by atoms with Gasteiger partial charge in [0, 0.05) is 44.2 Å². The molecule has 7 nitrogen and oxygen atoms in total. The molecule has 4 rings (SSSR count). The van der Waals surface area contributed by atoms with Crippen LogP contribution < -0.4 is 15.0 Å². The molecule has 3 heterocycles. The van der Waals surface area contributed by atoms with Crippen LogP contribution in [-0.2, 0) is 0 Å². The minimum atomic E-state index is -0.951. The van der Waals surface area contributed by atoms with Crippen LogP contribution in [0.1, 0.15) is 41.8 Å². The quantitative estimate of drug-likeness (QED) is 0.303. The third-order valence-corrected chi connectivity index (χ3v) is 6.24. The van der Waals surface area contributed by atoms with Crippen molar-refractivity contribution in [3.8, 4) is 17.1 Å². The Hall–Kier alpha value is -3.75. The van der Waals surface area contributed by atoms with Crippen LogP contribution in [0.4, 0.5) is 14.7 Å². The fraction of sp³-hybridized carbons (Fsp3) is 0.370. The van der Waals surface area contributed by atoms with Gasteiger partial charge < -0.3 is 19.4 Å². The van der Waals surface area contributed by atoms with E-state index in [0.717, 1.165) is 73.9 Å². The van der Waals surface area contributed by atoms with Gasteiger partial charge >= 0.3 is 0 Å². The van der Waals surface area contributed by atoms with Gasteiger partial charge in [0.15, 0.2) is 0 Å². The number of furan rings is 1. The first-order valence-corrected chi connectivity index (χ1v) is 12.1. The normalized spacial score (nSPS) is 14.0. The van der Waals surface area contributed by atoms with Gasteiger partial charge in [0.2, 0.25) is 5.95 Å². The van der Waals surface area contributed by atoms with Crippen LogP contribution in [0, 0.1) is 24.5 Å². The summed E-state index contributed by atoms with van der Waals surface area (Å²) in [7, 11) is 0. The first kappa shape index (κ1) is 25.3. The third kappa shape index (κ3) is 6.27. The topological polar surface area (TPSA) is 80.5 Å². The molecule has 1 fully saturated rings. The van der Waals surface area contributed by atoms with E-state index in [0.29, 0.717) is 12.5 Å². The molecule has 2 aromatic heterocycles. The molecular formula is C27H30F2N4O3. The maximum atomic E-state index is 14.2. The fourth-order valence-corrected chi connectivity index (χ4v) is 4.29. The molecular weight excluding hydrogens is 466 g/mol. The summed E-state index contributed by atoms with van der Waals surface area (Å²) in [5.41, 5.74) is 0.234. The summed E-state index contributed by atoms with van der Waals surface area (Å²) in [5.74, 6) is 0.219. The SMILES string of the molecule is C=CCNC(=O)c1c(F)cc(OCCCC2CCN(c3ncc(-c4ccc(C)o4)cn3)CC2)cc1F. The van der Waals surface area contributed by atoms with E-state index in [4.69, 9.17) is 9.15 Å². The zero-order valence-electron chi connectivity index (χ0n) is 20.3. The number of anilines is 1. The molecule has 1 aromatic carbocycles. The monoisotopic (exact) mass is 496 g/mol. The van der Waals surface area contributed by atoms with Crippen molar-refractivity contribution in [1.29, 1.82) is 0 Å². The molecule has 190 valence electrons. The van der Waals surface area contributed by atoms with Crippen molar-refractivity contribution in [2.24, 2.45) is 5.92 Å². The molecule has 0 aliphatic carbocycles. The second kappa shape index (κ2) is 11.8. The number of aromatic nitrogens is 2. The molecule has 1 N–H and O–H groups in total. The molecule has 9 heteroatoms. The van der Waals surface area contributed by atoms with Crippen molar-refractivity contribution in [3.05, 3.63) is 72.3 Å². The largest absolute Gasteiger partial charge is 0.493 e. The number of nitrogens with zero attached hydrogens (tertiary/aromatic N) is 3. The standard InChI is InChI=1S/C27H30F2N4O3/c1-3-10-30-26(34)25-22(28)14-21(15-23(25)29)35-13-4-5-19-8-11-33(12-9-19)27-31-16-20(17-32-27)24-7-6-18(2)36-24/h3,6-7,14-17,19H,1,4-5,8-13H2,2H3,(H,30,34). The molecule has 0 saturated carbocycles. The number of carbonyl (C=O) groups excluding carboxylic acids is 1. The van der Waals surface area contributed by atoms with Crippen LogP contribution in [-0.4, -0.2) is 42.1 Å². The maximum Gasteiger partial charge on any atom is 0.257 e. The Morgan fingerprint density at radius 1 is 1.22 bits per heavy atom. The van der Waals surface area contributed by atoms with E-state index in [1.165, 1.54) is 6.08 Å². The van der Waals surface area contributed by atoms with Gasteiger partial charge in [-0.05, 0) is 50.7 Å². The Morgan fingerprint density at radius 3 is 2.53 bits per heavy atom. The number of hydrogen-bond acceptors (Lipinski definition) is 6. The molecule has 3 aromatic rings. The van der Waals surface area contributed by atoms with Crippen LogP contribution in [0.5, 0.6) is 5.75 Å². The number of ether oxygens (including phenoxy) is 1. The average Bonchev–Trinajstić information content (AvgIpc) is 3.31. The van der Waals surface area contributed by atoms with Crippen LogP contribution in [0.3, 0.4) is 0 Å². The van der Waals surface area contributed by atoms with Crippen molar-refractivity contribution in [1.82, 2.24) is 15.3 Å². The van der Waals surface area contributed by atoms with Crippen LogP contribution >= 0.6 is 0 Å². The van der Waals surface area contributed by atoms with Crippen molar-refractivity contribution in [2.75, 3.05) is 31.1 Å². The summed E-state index contributed by atoms with van der Waals surface area (Å²) >= 11 is 0. The summed E-state index contributed by atoms with van der Waals surface area (Å²) in [6.07, 6.45) is 8.76. The van der Waals surface area contributed by atoms with E-state index in [1.807, 2.05) is 19.1 Å². The number of aryl methyl sites for hydroxylation is 1. The van der Waals surface area contributed by atoms with Crippen molar-refractivity contribution >= 4 is 11.9 Å². The maximum absolute atomic E-state index is 14.2. The van der Waals surface area contributed by atoms with Crippen molar-refractivity contribution in [3.63, 3.8) is 0 Å². The number of benzene rings is 1. The van der Waals surface area contributed by atoms with Crippen molar-refractivity contribution in [2.45, 2.75) is 32.6 Å². The summed E-state index contributed by atoms with van der Waals surface area (Å²) in [6, 6.07) is 5.92. The predicted octanol–water partition coefficient (Wildman–Crippen LogP) is 5.31. The lowest BCUT2D eigenvalue weighted by Gasteiger charge is -2.32. The van der Waals surface area contributed by atoms with Gasteiger partial charge in [-0.25, -0.2) is 18.7 Å². The van der Waals surface area contributed by atoms with Gasteiger partial charge in [-0.15, -0.1) is 6.58 Å². The smallest absolute Gasteiger partial charge is 0.257 e. The molecule has 0 unspecified atom stereocenters. The lowest BCUT2D eigenvalue weighted by molar-refractivity contribution is 0.0949. The molecule has 0 radical (unpaired) electrons. The molecule has 1 saturated heterocycles. The van der Waals surface area contributed by atoms with Gasteiger partial charge in [-0.3, -0.25) is 4.79 Å². The molecule has 1 aliphatic rings. The number of nitrogens with one attached hydrogen (secondary N) is 1. The highest BCUT2D eigenvalue weighted by molar-refractivity contribution is 5.95. The van der Waals surface area contributed by atoms with E-state index >= 15 is 0 Å². The lowest BCUT2D eigenvalue weighted by Crippen LogP contribution is -2.34. The summed E-state index contributed by atoms with van der Waals surface area (Å²) in [4.78, 5) is 23.1. The Kier molecular flexibility index (Phi) is 8.30. The van der Waals surface area contributed by atoms with Gasteiger partial charge in [0.25, 0.3) is 5.91 Å². The number of rotatable bonds is 10. The van der Waals surface area contributed by atoms with Gasteiger partial charge in [0.1, 0.15) is 34.5 Å². The minimum absolute atomic E-state index is 0.0744. The Labute approximate surface area is 209 Å². The summed E-state index contributed by atoms with van der Waals surface area (Å²) < 4.78 is 39.7. The number of hydrogen-bond donors (Lipinski definition) is 1. The van der Waals surface area contributed by atoms with Crippen LogP contribution in [0.25, 0.3) is 11.3 Å². The molecule has 0 bridgehead atoms. The average molecular weight is 497 g/mol. The predicted molar refractivity (Wildman–Crippen MR) is 133 cm³/mol.